The number of alkyl halides is 1. The monoisotopic (exact) mass is 362 g/mol. The summed E-state index contributed by atoms with van der Waals surface area (Å²) in [6.07, 6.45) is 5.04. The highest BCUT2D eigenvalue weighted by atomic mass is 79.9. The molecule has 17 heavy (non-hydrogen) atoms. The van der Waals surface area contributed by atoms with E-state index in [-0.39, 0.29) is 0 Å². The van der Waals surface area contributed by atoms with E-state index in [9.17, 15) is 0 Å². The third-order valence-corrected chi connectivity index (χ3v) is 4.28. The minimum absolute atomic E-state index is 0.445. The summed E-state index contributed by atoms with van der Waals surface area (Å²) in [5.74, 6) is 0.921. The molecule has 0 saturated heterocycles. The van der Waals surface area contributed by atoms with Crippen LogP contribution >= 0.6 is 31.9 Å². The molecule has 0 heterocycles. The van der Waals surface area contributed by atoms with Gasteiger partial charge in [-0.05, 0) is 47.0 Å². The lowest BCUT2D eigenvalue weighted by Gasteiger charge is -2.12. The Labute approximate surface area is 121 Å². The first-order valence-electron chi connectivity index (χ1n) is 6.25. The number of rotatable bonds is 7. The summed E-state index contributed by atoms with van der Waals surface area (Å²) < 4.78 is 6.55. The van der Waals surface area contributed by atoms with Gasteiger partial charge in [0.2, 0.25) is 0 Å². The van der Waals surface area contributed by atoms with E-state index >= 15 is 0 Å². The fourth-order valence-electron chi connectivity index (χ4n) is 1.72. The molecule has 0 amide bonds. The summed E-state index contributed by atoms with van der Waals surface area (Å²) in [5, 5.41) is 0. The first kappa shape index (κ1) is 15.0. The van der Waals surface area contributed by atoms with Crippen molar-refractivity contribution in [2.45, 2.75) is 44.4 Å². The van der Waals surface area contributed by atoms with Crippen LogP contribution < -0.4 is 4.74 Å². The summed E-state index contributed by atoms with van der Waals surface area (Å²) in [6.45, 7) is 4.93. The molecule has 1 atom stereocenters. The molecule has 0 radical (unpaired) electrons. The van der Waals surface area contributed by atoms with Crippen molar-refractivity contribution < 1.29 is 4.74 Å². The maximum absolute atomic E-state index is 5.51. The van der Waals surface area contributed by atoms with E-state index in [4.69, 9.17) is 4.74 Å². The molecule has 1 unspecified atom stereocenters. The first-order valence-corrected chi connectivity index (χ1v) is 7.96. The lowest BCUT2D eigenvalue weighted by Crippen LogP contribution is -1.95. The first-order chi connectivity index (χ1) is 8.19. The number of ether oxygens (including phenoxy) is 1. The van der Waals surface area contributed by atoms with Gasteiger partial charge in [0.05, 0.1) is 11.1 Å². The SMILES string of the molecule is CCCCCC(Br)c1ccc(OCC)c(Br)c1. The molecule has 0 aliphatic heterocycles. The third-order valence-electron chi connectivity index (χ3n) is 2.68. The van der Waals surface area contributed by atoms with Crippen LogP contribution in [-0.4, -0.2) is 6.61 Å². The summed E-state index contributed by atoms with van der Waals surface area (Å²) >= 11 is 7.30. The van der Waals surface area contributed by atoms with Gasteiger partial charge in [-0.2, -0.15) is 0 Å². The molecule has 0 spiro atoms. The number of benzene rings is 1. The van der Waals surface area contributed by atoms with Gasteiger partial charge < -0.3 is 4.74 Å². The molecular weight excluding hydrogens is 344 g/mol. The van der Waals surface area contributed by atoms with Crippen molar-refractivity contribution >= 4 is 31.9 Å². The fraction of sp³-hybridized carbons (Fsp3) is 0.571. The van der Waals surface area contributed by atoms with Crippen LogP contribution in [0.1, 0.15) is 49.9 Å². The average Bonchev–Trinajstić information content (AvgIpc) is 2.32. The number of hydrogen-bond acceptors (Lipinski definition) is 1. The van der Waals surface area contributed by atoms with E-state index < -0.39 is 0 Å². The number of halogens is 2. The molecule has 0 N–H and O–H groups in total. The molecule has 0 aliphatic carbocycles. The van der Waals surface area contributed by atoms with Gasteiger partial charge in [0.15, 0.2) is 0 Å². The summed E-state index contributed by atoms with van der Waals surface area (Å²) in [5.41, 5.74) is 1.32. The Morgan fingerprint density at radius 1 is 1.24 bits per heavy atom. The lowest BCUT2D eigenvalue weighted by atomic mass is 10.1. The Morgan fingerprint density at radius 3 is 2.59 bits per heavy atom. The molecule has 1 aromatic carbocycles. The highest BCUT2D eigenvalue weighted by Crippen LogP contribution is 2.34. The summed E-state index contributed by atoms with van der Waals surface area (Å²) in [4.78, 5) is 0.445. The topological polar surface area (TPSA) is 9.23 Å². The van der Waals surface area contributed by atoms with E-state index in [1.165, 1.54) is 31.2 Å². The lowest BCUT2D eigenvalue weighted by molar-refractivity contribution is 0.338. The zero-order chi connectivity index (χ0) is 12.7. The molecule has 0 aliphatic rings. The van der Waals surface area contributed by atoms with E-state index in [0.717, 1.165) is 10.2 Å². The smallest absolute Gasteiger partial charge is 0.133 e. The van der Waals surface area contributed by atoms with Crippen LogP contribution in [0.15, 0.2) is 22.7 Å². The molecule has 96 valence electrons. The van der Waals surface area contributed by atoms with Crippen LogP contribution in [0.2, 0.25) is 0 Å². The molecular formula is C14H20Br2O. The number of unbranched alkanes of at least 4 members (excludes halogenated alkanes) is 2. The Kier molecular flexibility index (Phi) is 7.21. The van der Waals surface area contributed by atoms with Crippen molar-refractivity contribution in [2.75, 3.05) is 6.61 Å². The minimum Gasteiger partial charge on any atom is -0.493 e. The average molecular weight is 364 g/mol. The zero-order valence-electron chi connectivity index (χ0n) is 10.5. The van der Waals surface area contributed by atoms with Crippen LogP contribution in [0, 0.1) is 0 Å². The van der Waals surface area contributed by atoms with Crippen molar-refractivity contribution in [1.82, 2.24) is 0 Å². The minimum atomic E-state index is 0.445. The Hall–Kier alpha value is -0.0200. The molecule has 0 bridgehead atoms. The van der Waals surface area contributed by atoms with Gasteiger partial charge in [-0.15, -0.1) is 0 Å². The van der Waals surface area contributed by atoms with E-state index in [2.05, 4.69) is 50.9 Å². The van der Waals surface area contributed by atoms with Crippen LogP contribution in [0.3, 0.4) is 0 Å². The second kappa shape index (κ2) is 8.15. The fourth-order valence-corrected chi connectivity index (χ4v) is 2.84. The summed E-state index contributed by atoms with van der Waals surface area (Å²) in [6, 6.07) is 6.33. The van der Waals surface area contributed by atoms with E-state index in [1.54, 1.807) is 0 Å². The van der Waals surface area contributed by atoms with Gasteiger partial charge in [0.25, 0.3) is 0 Å². The molecule has 0 saturated carbocycles. The van der Waals surface area contributed by atoms with Crippen molar-refractivity contribution in [3.8, 4) is 5.75 Å². The normalized spacial score (nSPS) is 12.5. The Bertz CT molecular complexity index is 339. The molecule has 0 fully saturated rings. The predicted octanol–water partition coefficient (Wildman–Crippen LogP) is 5.86. The van der Waals surface area contributed by atoms with Gasteiger partial charge >= 0.3 is 0 Å². The maximum atomic E-state index is 5.51. The second-order valence-electron chi connectivity index (χ2n) is 4.09. The van der Waals surface area contributed by atoms with E-state index in [1.807, 2.05) is 13.0 Å². The molecule has 3 heteroatoms. The van der Waals surface area contributed by atoms with Gasteiger partial charge in [0, 0.05) is 4.83 Å². The molecule has 1 rings (SSSR count). The van der Waals surface area contributed by atoms with Crippen LogP contribution in [0.4, 0.5) is 0 Å². The Morgan fingerprint density at radius 2 is 2.00 bits per heavy atom. The number of hydrogen-bond donors (Lipinski definition) is 0. The molecule has 1 aromatic rings. The van der Waals surface area contributed by atoms with E-state index in [0.29, 0.717) is 11.4 Å². The highest BCUT2D eigenvalue weighted by molar-refractivity contribution is 9.10. The predicted molar refractivity (Wildman–Crippen MR) is 81.1 cm³/mol. The summed E-state index contributed by atoms with van der Waals surface area (Å²) in [7, 11) is 0. The zero-order valence-corrected chi connectivity index (χ0v) is 13.7. The van der Waals surface area contributed by atoms with Crippen LogP contribution in [-0.2, 0) is 0 Å². The van der Waals surface area contributed by atoms with Crippen molar-refractivity contribution in [1.29, 1.82) is 0 Å². The van der Waals surface area contributed by atoms with Crippen LogP contribution in [0.5, 0.6) is 5.75 Å². The standard InChI is InChI=1S/C14H20Br2O/c1-3-5-6-7-12(15)11-8-9-14(17-4-2)13(16)10-11/h8-10,12H,3-7H2,1-2H3. The third kappa shape index (κ3) is 5.01. The second-order valence-corrected chi connectivity index (χ2v) is 6.05. The maximum Gasteiger partial charge on any atom is 0.133 e. The molecule has 1 nitrogen and oxygen atoms in total. The van der Waals surface area contributed by atoms with Gasteiger partial charge in [-0.25, -0.2) is 0 Å². The highest BCUT2D eigenvalue weighted by Gasteiger charge is 2.09. The van der Waals surface area contributed by atoms with Crippen LogP contribution in [0.25, 0.3) is 0 Å². The van der Waals surface area contributed by atoms with Crippen molar-refractivity contribution in [3.63, 3.8) is 0 Å². The van der Waals surface area contributed by atoms with Gasteiger partial charge in [-0.1, -0.05) is 48.2 Å². The van der Waals surface area contributed by atoms with Gasteiger partial charge in [-0.3, -0.25) is 0 Å². The Balaban J connectivity index is 2.62. The molecule has 0 aromatic heterocycles. The van der Waals surface area contributed by atoms with Gasteiger partial charge in [0.1, 0.15) is 5.75 Å². The van der Waals surface area contributed by atoms with Crippen molar-refractivity contribution in [3.05, 3.63) is 28.2 Å². The van der Waals surface area contributed by atoms with Crippen molar-refractivity contribution in [2.24, 2.45) is 0 Å². The largest absolute Gasteiger partial charge is 0.493 e. The quantitative estimate of drug-likeness (QED) is 0.435.